The second kappa shape index (κ2) is 7.10. The lowest BCUT2D eigenvalue weighted by Gasteiger charge is -2.24. The minimum atomic E-state index is 1.07. The van der Waals surface area contributed by atoms with E-state index in [0.717, 1.165) is 25.9 Å². The van der Waals surface area contributed by atoms with E-state index in [4.69, 9.17) is 0 Å². The highest BCUT2D eigenvalue weighted by molar-refractivity contribution is 5.71. The molecule has 0 aliphatic rings. The summed E-state index contributed by atoms with van der Waals surface area (Å²) in [6.45, 7) is 10.5. The summed E-state index contributed by atoms with van der Waals surface area (Å²) >= 11 is 0. The molecule has 1 aromatic carbocycles. The van der Waals surface area contributed by atoms with E-state index in [1.807, 2.05) is 6.08 Å². The molecule has 0 aliphatic carbocycles. The third-order valence-corrected chi connectivity index (χ3v) is 3.20. The Kier molecular flexibility index (Phi) is 5.76. The lowest BCUT2D eigenvalue weighted by Crippen LogP contribution is -2.20. The summed E-state index contributed by atoms with van der Waals surface area (Å²) < 4.78 is 0. The van der Waals surface area contributed by atoms with Crippen molar-refractivity contribution in [2.45, 2.75) is 26.7 Å². The summed E-state index contributed by atoms with van der Waals surface area (Å²) in [7, 11) is 4.28. The van der Waals surface area contributed by atoms with Crippen molar-refractivity contribution in [3.63, 3.8) is 0 Å². The molecule has 1 aromatic rings. The van der Waals surface area contributed by atoms with Crippen molar-refractivity contribution >= 4 is 17.5 Å². The normalized spacial score (nSPS) is 10.2. The van der Waals surface area contributed by atoms with Crippen molar-refractivity contribution in [3.05, 3.63) is 30.3 Å². The number of rotatable bonds is 7. The molecule has 0 spiro atoms. The predicted molar refractivity (Wildman–Crippen MR) is 83.7 cm³/mol. The molecule has 0 aromatic heterocycles. The first-order valence-electron chi connectivity index (χ1n) is 6.82. The van der Waals surface area contributed by atoms with Crippen molar-refractivity contribution in [2.75, 3.05) is 37.0 Å². The zero-order chi connectivity index (χ0) is 13.5. The Morgan fingerprint density at radius 3 is 2.22 bits per heavy atom. The maximum Gasteiger partial charge on any atom is 0.0438 e. The van der Waals surface area contributed by atoms with Crippen LogP contribution in [-0.2, 0) is 0 Å². The van der Waals surface area contributed by atoms with Crippen LogP contribution in [0.25, 0.3) is 6.08 Å². The van der Waals surface area contributed by atoms with Crippen LogP contribution in [0.5, 0.6) is 0 Å². The summed E-state index contributed by atoms with van der Waals surface area (Å²) in [4.78, 5) is 4.58. The van der Waals surface area contributed by atoms with Crippen LogP contribution in [0, 0.1) is 0 Å². The van der Waals surface area contributed by atoms with Gasteiger partial charge >= 0.3 is 0 Å². The number of benzene rings is 1. The Bertz CT molecular complexity index is 385. The van der Waals surface area contributed by atoms with Gasteiger partial charge in [-0.05, 0) is 36.6 Å². The van der Waals surface area contributed by atoms with Gasteiger partial charge in [0.25, 0.3) is 0 Å². The molecule has 0 saturated heterocycles. The SMILES string of the molecule is C=Cc1cc(N(C)CCC)ccc1N(C)CCC. The average Bonchev–Trinajstić information content (AvgIpc) is 2.38. The highest BCUT2D eigenvalue weighted by Crippen LogP contribution is 2.26. The third-order valence-electron chi connectivity index (χ3n) is 3.20. The van der Waals surface area contributed by atoms with Gasteiger partial charge in [0.05, 0.1) is 0 Å². The molecule has 0 bridgehead atoms. The lowest BCUT2D eigenvalue weighted by atomic mass is 10.1. The van der Waals surface area contributed by atoms with Gasteiger partial charge in [0.1, 0.15) is 0 Å². The standard InChI is InChI=1S/C16H26N2/c1-6-11-17(4)15-9-10-16(14(8-3)13-15)18(5)12-7-2/h8-10,13H,3,6-7,11-12H2,1-2,4-5H3. The second-order valence-electron chi connectivity index (χ2n) is 4.79. The Balaban J connectivity index is 2.99. The maximum absolute atomic E-state index is 3.94. The van der Waals surface area contributed by atoms with E-state index >= 15 is 0 Å². The van der Waals surface area contributed by atoms with Crippen molar-refractivity contribution in [2.24, 2.45) is 0 Å². The molecular formula is C16H26N2. The van der Waals surface area contributed by atoms with Crippen LogP contribution in [0.3, 0.4) is 0 Å². The van der Waals surface area contributed by atoms with Gasteiger partial charge in [0, 0.05) is 38.6 Å². The summed E-state index contributed by atoms with van der Waals surface area (Å²) in [5, 5.41) is 0. The van der Waals surface area contributed by atoms with Crippen molar-refractivity contribution in [3.8, 4) is 0 Å². The molecule has 1 rings (SSSR count). The van der Waals surface area contributed by atoms with Gasteiger partial charge in [-0.2, -0.15) is 0 Å². The first-order valence-corrected chi connectivity index (χ1v) is 6.82. The van der Waals surface area contributed by atoms with Crippen LogP contribution in [0.4, 0.5) is 11.4 Å². The lowest BCUT2D eigenvalue weighted by molar-refractivity contribution is 0.844. The van der Waals surface area contributed by atoms with E-state index < -0.39 is 0 Å². The van der Waals surface area contributed by atoms with Crippen LogP contribution in [0.15, 0.2) is 24.8 Å². The molecule has 0 radical (unpaired) electrons. The van der Waals surface area contributed by atoms with Gasteiger partial charge in [-0.25, -0.2) is 0 Å². The first-order chi connectivity index (χ1) is 8.63. The summed E-state index contributed by atoms with van der Waals surface area (Å²) in [6.07, 6.45) is 4.27. The quantitative estimate of drug-likeness (QED) is 0.717. The predicted octanol–water partition coefficient (Wildman–Crippen LogP) is 4.02. The number of anilines is 2. The zero-order valence-electron chi connectivity index (χ0n) is 12.2. The number of nitrogens with zero attached hydrogens (tertiary/aromatic N) is 2. The van der Waals surface area contributed by atoms with Gasteiger partial charge in [0.15, 0.2) is 0 Å². The van der Waals surface area contributed by atoms with Crippen LogP contribution >= 0.6 is 0 Å². The van der Waals surface area contributed by atoms with Crippen molar-refractivity contribution in [1.29, 1.82) is 0 Å². The van der Waals surface area contributed by atoms with Crippen LogP contribution in [0.1, 0.15) is 32.3 Å². The molecule has 0 heterocycles. The number of hydrogen-bond acceptors (Lipinski definition) is 2. The number of hydrogen-bond donors (Lipinski definition) is 0. The first kappa shape index (κ1) is 14.6. The van der Waals surface area contributed by atoms with Gasteiger partial charge in [0.2, 0.25) is 0 Å². The van der Waals surface area contributed by atoms with Gasteiger partial charge in [-0.15, -0.1) is 0 Å². The van der Waals surface area contributed by atoms with E-state index in [0.29, 0.717) is 0 Å². The van der Waals surface area contributed by atoms with Gasteiger partial charge in [-0.1, -0.05) is 26.5 Å². The van der Waals surface area contributed by atoms with Crippen LogP contribution < -0.4 is 9.80 Å². The zero-order valence-corrected chi connectivity index (χ0v) is 12.2. The largest absolute Gasteiger partial charge is 0.375 e. The second-order valence-corrected chi connectivity index (χ2v) is 4.79. The Morgan fingerprint density at radius 2 is 1.67 bits per heavy atom. The molecular weight excluding hydrogens is 220 g/mol. The fourth-order valence-corrected chi connectivity index (χ4v) is 2.21. The maximum atomic E-state index is 3.94. The molecule has 100 valence electrons. The van der Waals surface area contributed by atoms with E-state index in [-0.39, 0.29) is 0 Å². The van der Waals surface area contributed by atoms with E-state index in [2.05, 4.69) is 62.5 Å². The molecule has 0 amide bonds. The van der Waals surface area contributed by atoms with Crippen LogP contribution in [-0.4, -0.2) is 27.2 Å². The minimum absolute atomic E-state index is 1.07. The molecule has 0 N–H and O–H groups in total. The van der Waals surface area contributed by atoms with E-state index in [1.165, 1.54) is 16.9 Å². The smallest absolute Gasteiger partial charge is 0.0438 e. The van der Waals surface area contributed by atoms with Gasteiger partial charge in [-0.3, -0.25) is 0 Å². The molecule has 0 saturated carbocycles. The highest BCUT2D eigenvalue weighted by Gasteiger charge is 2.07. The molecule has 2 heteroatoms. The molecule has 0 unspecified atom stereocenters. The average molecular weight is 246 g/mol. The summed E-state index contributed by atoms with van der Waals surface area (Å²) in [5.41, 5.74) is 3.74. The molecule has 2 nitrogen and oxygen atoms in total. The highest BCUT2D eigenvalue weighted by atomic mass is 15.1. The molecule has 18 heavy (non-hydrogen) atoms. The third kappa shape index (κ3) is 3.52. The summed E-state index contributed by atoms with van der Waals surface area (Å²) in [5.74, 6) is 0. The van der Waals surface area contributed by atoms with Crippen molar-refractivity contribution < 1.29 is 0 Å². The fourth-order valence-electron chi connectivity index (χ4n) is 2.21. The Hall–Kier alpha value is -1.44. The van der Waals surface area contributed by atoms with Crippen molar-refractivity contribution in [1.82, 2.24) is 0 Å². The van der Waals surface area contributed by atoms with E-state index in [1.54, 1.807) is 0 Å². The summed E-state index contributed by atoms with van der Waals surface area (Å²) in [6, 6.07) is 6.63. The monoisotopic (exact) mass is 246 g/mol. The van der Waals surface area contributed by atoms with Crippen LogP contribution in [0.2, 0.25) is 0 Å². The Morgan fingerprint density at radius 1 is 1.06 bits per heavy atom. The Labute approximate surface area is 112 Å². The minimum Gasteiger partial charge on any atom is -0.375 e. The molecule has 0 atom stereocenters. The topological polar surface area (TPSA) is 6.48 Å². The fraction of sp³-hybridized carbons (Fsp3) is 0.500. The molecule has 0 aliphatic heterocycles. The van der Waals surface area contributed by atoms with E-state index in [9.17, 15) is 0 Å². The van der Waals surface area contributed by atoms with Gasteiger partial charge < -0.3 is 9.80 Å². The molecule has 0 fully saturated rings.